The van der Waals surface area contributed by atoms with Gasteiger partial charge < -0.3 is 15.0 Å². The average Bonchev–Trinajstić information content (AvgIpc) is 3.46. The topological polar surface area (TPSA) is 87.3 Å². The Kier molecular flexibility index (Phi) is 5.67. The highest BCUT2D eigenvalue weighted by Gasteiger charge is 2.60. The Morgan fingerprint density at radius 3 is 2.83 bits per heavy atom. The minimum absolute atomic E-state index is 0.0210. The molecule has 2 N–H and O–H groups in total. The van der Waals surface area contributed by atoms with Crippen LogP contribution in [0.5, 0.6) is 0 Å². The summed E-state index contributed by atoms with van der Waals surface area (Å²) in [4.78, 5) is 28.4. The van der Waals surface area contributed by atoms with Gasteiger partial charge in [-0.2, -0.15) is 5.10 Å². The molecule has 2 saturated heterocycles. The van der Waals surface area contributed by atoms with Crippen LogP contribution in [0.25, 0.3) is 0 Å². The maximum atomic E-state index is 13.5. The molecule has 0 saturated carbocycles. The number of amides is 2. The molecular formula is C22H28N4O3. The van der Waals surface area contributed by atoms with Gasteiger partial charge in [0.25, 0.3) is 0 Å². The lowest BCUT2D eigenvalue weighted by molar-refractivity contribution is -0.137. The molecule has 2 bridgehead atoms. The summed E-state index contributed by atoms with van der Waals surface area (Å²) in [6, 6.07) is 12.0. The Morgan fingerprint density at radius 1 is 1.28 bits per heavy atom. The van der Waals surface area contributed by atoms with Crippen LogP contribution in [-0.2, 0) is 27.3 Å². The third kappa shape index (κ3) is 3.79. The molecule has 0 spiro atoms. The van der Waals surface area contributed by atoms with E-state index in [1.165, 1.54) is 0 Å². The molecule has 2 aromatic rings. The molecule has 2 amide bonds. The number of aromatic amines is 1. The molecule has 1 aromatic carbocycles. The highest BCUT2D eigenvalue weighted by molar-refractivity contribution is 5.87. The lowest BCUT2D eigenvalue weighted by atomic mass is 9.69. The van der Waals surface area contributed by atoms with Gasteiger partial charge >= 0.3 is 0 Å². The summed E-state index contributed by atoms with van der Waals surface area (Å²) in [5, 5.41) is 9.93. The number of hydrogen-bond acceptors (Lipinski definition) is 4. The highest BCUT2D eigenvalue weighted by atomic mass is 16.5. The van der Waals surface area contributed by atoms with Crippen LogP contribution in [-0.4, -0.2) is 52.7 Å². The van der Waals surface area contributed by atoms with E-state index in [-0.39, 0.29) is 23.9 Å². The number of aromatic nitrogens is 2. The molecule has 0 aliphatic carbocycles. The van der Waals surface area contributed by atoms with Crippen LogP contribution in [0.15, 0.2) is 42.6 Å². The van der Waals surface area contributed by atoms with Gasteiger partial charge in [-0.1, -0.05) is 30.3 Å². The molecular weight excluding hydrogens is 368 g/mol. The first-order valence-electron chi connectivity index (χ1n) is 10.2. The number of benzene rings is 1. The van der Waals surface area contributed by atoms with Crippen molar-refractivity contribution in [3.63, 3.8) is 0 Å². The summed E-state index contributed by atoms with van der Waals surface area (Å²) in [6.45, 7) is 0.816. The number of methoxy groups -OCH3 is 1. The van der Waals surface area contributed by atoms with Crippen molar-refractivity contribution in [1.29, 1.82) is 0 Å². The van der Waals surface area contributed by atoms with E-state index >= 15 is 0 Å². The zero-order valence-corrected chi connectivity index (χ0v) is 16.8. The first-order valence-corrected chi connectivity index (χ1v) is 10.2. The van der Waals surface area contributed by atoms with Gasteiger partial charge in [-0.3, -0.25) is 14.7 Å². The fraction of sp³-hybridized carbons (Fsp3) is 0.500. The van der Waals surface area contributed by atoms with Crippen molar-refractivity contribution in [2.24, 2.45) is 5.41 Å². The SMILES string of the molecule is COCCC(=O)N1[C@H]2CC[C@@H]1[C@](Cc1ccccc1)(C(=O)NCc1ccn[nH]1)C2. The predicted molar refractivity (Wildman–Crippen MR) is 108 cm³/mol. The van der Waals surface area contributed by atoms with Crippen LogP contribution in [0.2, 0.25) is 0 Å². The largest absolute Gasteiger partial charge is 0.384 e. The normalized spacial score (nSPS) is 25.3. The maximum Gasteiger partial charge on any atom is 0.229 e. The van der Waals surface area contributed by atoms with Gasteiger partial charge in [0.15, 0.2) is 0 Å². The van der Waals surface area contributed by atoms with Crippen LogP contribution in [0, 0.1) is 5.41 Å². The summed E-state index contributed by atoms with van der Waals surface area (Å²) in [5.41, 5.74) is 1.39. The average molecular weight is 396 g/mol. The van der Waals surface area contributed by atoms with Crippen molar-refractivity contribution in [3.05, 3.63) is 53.9 Å². The smallest absolute Gasteiger partial charge is 0.229 e. The lowest BCUT2D eigenvalue weighted by Crippen LogP contribution is -2.51. The minimum Gasteiger partial charge on any atom is -0.384 e. The first-order chi connectivity index (χ1) is 14.1. The number of rotatable bonds is 8. The lowest BCUT2D eigenvalue weighted by Gasteiger charge is -2.36. The summed E-state index contributed by atoms with van der Waals surface area (Å²) < 4.78 is 5.10. The van der Waals surface area contributed by atoms with Gasteiger partial charge in [0.05, 0.1) is 30.7 Å². The van der Waals surface area contributed by atoms with Gasteiger partial charge in [0, 0.05) is 25.4 Å². The molecule has 2 aliphatic rings. The van der Waals surface area contributed by atoms with E-state index < -0.39 is 5.41 Å². The molecule has 29 heavy (non-hydrogen) atoms. The van der Waals surface area contributed by atoms with Gasteiger partial charge in [-0.25, -0.2) is 0 Å². The Balaban J connectivity index is 1.59. The van der Waals surface area contributed by atoms with Crippen molar-refractivity contribution < 1.29 is 14.3 Å². The number of H-pyrrole nitrogens is 1. The second-order valence-corrected chi connectivity index (χ2v) is 8.08. The van der Waals surface area contributed by atoms with E-state index in [4.69, 9.17) is 4.74 Å². The minimum atomic E-state index is -0.604. The van der Waals surface area contributed by atoms with E-state index in [2.05, 4.69) is 27.6 Å². The van der Waals surface area contributed by atoms with Crippen molar-refractivity contribution >= 4 is 11.8 Å². The number of nitrogens with one attached hydrogen (secondary N) is 2. The Bertz CT molecular complexity index is 839. The van der Waals surface area contributed by atoms with E-state index in [1.807, 2.05) is 29.2 Å². The third-order valence-electron chi connectivity index (χ3n) is 6.36. The summed E-state index contributed by atoms with van der Waals surface area (Å²) >= 11 is 0. The van der Waals surface area contributed by atoms with Crippen molar-refractivity contribution in [1.82, 2.24) is 20.4 Å². The van der Waals surface area contributed by atoms with Gasteiger partial charge in [0.2, 0.25) is 11.8 Å². The zero-order valence-electron chi connectivity index (χ0n) is 16.8. The number of carbonyl (C=O) groups is 2. The standard InChI is InChI=1S/C22H28N4O3/c1-29-12-10-20(27)26-18-7-8-19(26)22(14-18,13-16-5-3-2-4-6-16)21(28)23-15-17-9-11-24-25-17/h2-6,9,11,18-19H,7-8,10,12-15H2,1H3,(H,23,28)(H,24,25)/t18-,19+,22+/m0/s1. The molecule has 1 aromatic heterocycles. The van der Waals surface area contributed by atoms with Crippen molar-refractivity contribution in [2.45, 2.75) is 50.7 Å². The van der Waals surface area contributed by atoms with Crippen LogP contribution in [0.3, 0.4) is 0 Å². The number of ether oxygens (including phenoxy) is 1. The molecule has 7 nitrogen and oxygen atoms in total. The van der Waals surface area contributed by atoms with Crippen LogP contribution >= 0.6 is 0 Å². The molecule has 3 atom stereocenters. The summed E-state index contributed by atoms with van der Waals surface area (Å²) in [5.74, 6) is 0.114. The second kappa shape index (κ2) is 8.37. The molecule has 2 fully saturated rings. The van der Waals surface area contributed by atoms with Crippen LogP contribution in [0.4, 0.5) is 0 Å². The third-order valence-corrected chi connectivity index (χ3v) is 6.36. The molecule has 7 heteroatoms. The summed E-state index contributed by atoms with van der Waals surface area (Å²) in [6.07, 6.45) is 5.22. The van der Waals surface area contributed by atoms with E-state index in [0.717, 1.165) is 24.1 Å². The van der Waals surface area contributed by atoms with E-state index in [0.29, 0.717) is 32.4 Å². The van der Waals surface area contributed by atoms with E-state index in [9.17, 15) is 9.59 Å². The molecule has 0 unspecified atom stereocenters. The second-order valence-electron chi connectivity index (χ2n) is 8.08. The molecule has 0 radical (unpaired) electrons. The first kappa shape index (κ1) is 19.6. The number of nitrogens with zero attached hydrogens (tertiary/aromatic N) is 2. The number of fused-ring (bicyclic) bond motifs is 2. The fourth-order valence-corrected chi connectivity index (χ4v) is 5.09. The fourth-order valence-electron chi connectivity index (χ4n) is 5.09. The summed E-state index contributed by atoms with van der Waals surface area (Å²) in [7, 11) is 1.61. The van der Waals surface area contributed by atoms with Gasteiger partial charge in [0.1, 0.15) is 0 Å². The van der Waals surface area contributed by atoms with Crippen molar-refractivity contribution in [3.8, 4) is 0 Å². The van der Waals surface area contributed by atoms with Crippen LogP contribution < -0.4 is 5.32 Å². The van der Waals surface area contributed by atoms with Gasteiger partial charge in [-0.15, -0.1) is 0 Å². The van der Waals surface area contributed by atoms with Crippen molar-refractivity contribution in [2.75, 3.05) is 13.7 Å². The Hall–Kier alpha value is -2.67. The Labute approximate surface area is 170 Å². The molecule has 3 heterocycles. The molecule has 154 valence electrons. The molecule has 2 aliphatic heterocycles. The van der Waals surface area contributed by atoms with E-state index in [1.54, 1.807) is 13.3 Å². The quantitative estimate of drug-likeness (QED) is 0.715. The highest BCUT2D eigenvalue weighted by Crippen LogP contribution is 2.52. The number of carbonyl (C=O) groups excluding carboxylic acids is 2. The monoisotopic (exact) mass is 396 g/mol. The zero-order chi connectivity index (χ0) is 20.3. The maximum absolute atomic E-state index is 13.5. The Morgan fingerprint density at radius 2 is 2.10 bits per heavy atom. The van der Waals surface area contributed by atoms with Gasteiger partial charge in [-0.05, 0) is 37.3 Å². The predicted octanol–water partition coefficient (Wildman–Crippen LogP) is 2.05. The number of hydrogen-bond donors (Lipinski definition) is 2. The van der Waals surface area contributed by atoms with Crippen LogP contribution in [0.1, 0.15) is 36.9 Å². The molecule has 4 rings (SSSR count).